The third-order valence-electron chi connectivity index (χ3n) is 4.32. The topological polar surface area (TPSA) is 84.1 Å². The van der Waals surface area contributed by atoms with Crippen molar-refractivity contribution < 1.29 is 9.90 Å². The molecular formula is C16H23N5O2S. The second kappa shape index (κ2) is 7.40. The highest BCUT2D eigenvalue weighted by atomic mass is 32.1. The minimum atomic E-state index is -0.609. The molecule has 0 aliphatic carbocycles. The fourth-order valence-electron chi connectivity index (χ4n) is 2.89. The standard InChI is InChI=1S/C16H23N5O2S/c1-3-4-15-17-14(10-24-15)16(23)20-7-5-12(6-8-20)21-9-13(11(2)22)18-19-21/h9-12,22H,3-8H2,1-2H3. The number of likely N-dealkylation sites (tertiary alicyclic amines) is 1. The molecule has 0 spiro atoms. The Labute approximate surface area is 145 Å². The molecule has 1 N–H and O–H groups in total. The van der Waals surface area contributed by atoms with Crippen LogP contribution in [0, 0.1) is 0 Å². The van der Waals surface area contributed by atoms with Crippen molar-refractivity contribution in [1.29, 1.82) is 0 Å². The van der Waals surface area contributed by atoms with Gasteiger partial charge in [0.15, 0.2) is 0 Å². The van der Waals surface area contributed by atoms with Gasteiger partial charge in [-0.15, -0.1) is 16.4 Å². The lowest BCUT2D eigenvalue weighted by Gasteiger charge is -2.31. The first-order valence-corrected chi connectivity index (χ1v) is 9.30. The van der Waals surface area contributed by atoms with Crippen molar-refractivity contribution in [2.75, 3.05) is 13.1 Å². The van der Waals surface area contributed by atoms with Gasteiger partial charge in [-0.1, -0.05) is 12.1 Å². The number of amides is 1. The van der Waals surface area contributed by atoms with Gasteiger partial charge >= 0.3 is 0 Å². The summed E-state index contributed by atoms with van der Waals surface area (Å²) in [6.07, 6.45) is 4.82. The van der Waals surface area contributed by atoms with Crippen LogP contribution in [0.1, 0.15) is 66.4 Å². The lowest BCUT2D eigenvalue weighted by Crippen LogP contribution is -2.39. The largest absolute Gasteiger partial charge is 0.387 e. The SMILES string of the molecule is CCCc1nc(C(=O)N2CCC(n3cc(C(C)O)nn3)CC2)cs1. The molecule has 1 fully saturated rings. The van der Waals surface area contributed by atoms with Crippen LogP contribution in [0.2, 0.25) is 0 Å². The average molecular weight is 349 g/mol. The lowest BCUT2D eigenvalue weighted by atomic mass is 10.0. The number of thiazole rings is 1. The molecule has 1 aliphatic rings. The molecule has 8 heteroatoms. The first-order chi connectivity index (χ1) is 11.6. The molecule has 24 heavy (non-hydrogen) atoms. The molecule has 1 unspecified atom stereocenters. The van der Waals surface area contributed by atoms with Crippen molar-refractivity contribution in [3.05, 3.63) is 28.0 Å². The number of carbonyl (C=O) groups is 1. The van der Waals surface area contributed by atoms with Crippen molar-refractivity contribution in [2.45, 2.75) is 51.7 Å². The first kappa shape index (κ1) is 17.0. The monoisotopic (exact) mass is 349 g/mol. The van der Waals surface area contributed by atoms with Crippen molar-refractivity contribution in [1.82, 2.24) is 24.9 Å². The molecule has 3 heterocycles. The van der Waals surface area contributed by atoms with Gasteiger partial charge in [0.2, 0.25) is 0 Å². The number of aliphatic hydroxyl groups excluding tert-OH is 1. The van der Waals surface area contributed by atoms with E-state index in [-0.39, 0.29) is 11.9 Å². The number of nitrogens with zero attached hydrogens (tertiary/aromatic N) is 5. The van der Waals surface area contributed by atoms with Crippen molar-refractivity contribution in [3.63, 3.8) is 0 Å². The van der Waals surface area contributed by atoms with E-state index in [0.717, 1.165) is 30.7 Å². The zero-order chi connectivity index (χ0) is 17.1. The molecular weight excluding hydrogens is 326 g/mol. The van der Waals surface area contributed by atoms with Crippen LogP contribution in [0.4, 0.5) is 0 Å². The molecule has 7 nitrogen and oxygen atoms in total. The predicted molar refractivity (Wildman–Crippen MR) is 90.9 cm³/mol. The van der Waals surface area contributed by atoms with Gasteiger partial charge in [-0.2, -0.15) is 0 Å². The Morgan fingerprint density at radius 2 is 2.21 bits per heavy atom. The molecule has 0 aromatic carbocycles. The minimum Gasteiger partial charge on any atom is -0.387 e. The van der Waals surface area contributed by atoms with E-state index in [1.54, 1.807) is 24.5 Å². The molecule has 1 atom stereocenters. The summed E-state index contributed by atoms with van der Waals surface area (Å²) in [4.78, 5) is 18.9. The maximum Gasteiger partial charge on any atom is 0.273 e. The Kier molecular flexibility index (Phi) is 5.25. The molecule has 1 amide bonds. The van der Waals surface area contributed by atoms with E-state index in [4.69, 9.17) is 0 Å². The number of aryl methyl sites for hydroxylation is 1. The molecule has 1 saturated heterocycles. The Morgan fingerprint density at radius 1 is 1.46 bits per heavy atom. The molecule has 0 radical (unpaired) electrons. The van der Waals surface area contributed by atoms with Crippen LogP contribution in [-0.2, 0) is 6.42 Å². The molecule has 0 saturated carbocycles. The van der Waals surface area contributed by atoms with Crippen molar-refractivity contribution in [3.8, 4) is 0 Å². The second-order valence-corrected chi connectivity index (χ2v) is 7.14. The molecule has 2 aromatic rings. The minimum absolute atomic E-state index is 0.0234. The third kappa shape index (κ3) is 3.64. The van der Waals surface area contributed by atoms with Crippen molar-refractivity contribution >= 4 is 17.2 Å². The molecule has 130 valence electrons. The van der Waals surface area contributed by atoms with E-state index < -0.39 is 6.10 Å². The predicted octanol–water partition coefficient (Wildman–Crippen LogP) is 2.22. The number of aliphatic hydroxyl groups is 1. The highest BCUT2D eigenvalue weighted by Gasteiger charge is 2.26. The van der Waals surface area contributed by atoms with E-state index in [1.807, 2.05) is 15.0 Å². The second-order valence-electron chi connectivity index (χ2n) is 6.20. The van der Waals surface area contributed by atoms with E-state index >= 15 is 0 Å². The summed E-state index contributed by atoms with van der Waals surface area (Å²) in [6, 6.07) is 0.222. The number of hydrogen-bond acceptors (Lipinski definition) is 6. The van der Waals surface area contributed by atoms with Gasteiger partial charge in [0.25, 0.3) is 5.91 Å². The molecule has 1 aliphatic heterocycles. The van der Waals surface area contributed by atoms with Crippen LogP contribution in [0.5, 0.6) is 0 Å². The number of carbonyl (C=O) groups excluding carboxylic acids is 1. The normalized spacial score (nSPS) is 17.2. The highest BCUT2D eigenvalue weighted by molar-refractivity contribution is 7.09. The fourth-order valence-corrected chi connectivity index (χ4v) is 3.77. The van der Waals surface area contributed by atoms with Crippen LogP contribution in [0.15, 0.2) is 11.6 Å². The van der Waals surface area contributed by atoms with Crippen molar-refractivity contribution in [2.24, 2.45) is 0 Å². The van der Waals surface area contributed by atoms with Gasteiger partial charge in [0.05, 0.1) is 23.4 Å². The number of piperidine rings is 1. The Morgan fingerprint density at radius 3 is 2.83 bits per heavy atom. The summed E-state index contributed by atoms with van der Waals surface area (Å²) in [5.74, 6) is 0.0234. The number of hydrogen-bond donors (Lipinski definition) is 1. The molecule has 3 rings (SSSR count). The Balaban J connectivity index is 1.58. The van der Waals surface area contributed by atoms with Crippen LogP contribution in [0.25, 0.3) is 0 Å². The van der Waals surface area contributed by atoms with Gasteiger partial charge in [-0.25, -0.2) is 9.67 Å². The quantitative estimate of drug-likeness (QED) is 0.895. The Bertz CT molecular complexity index is 688. The van der Waals surface area contributed by atoms with E-state index in [1.165, 1.54) is 0 Å². The Hall–Kier alpha value is -1.80. The van der Waals surface area contributed by atoms with Gasteiger partial charge in [-0.3, -0.25) is 4.79 Å². The first-order valence-electron chi connectivity index (χ1n) is 8.42. The highest BCUT2D eigenvalue weighted by Crippen LogP contribution is 2.24. The van der Waals surface area contributed by atoms with Crippen LogP contribution >= 0.6 is 11.3 Å². The van der Waals surface area contributed by atoms with E-state index in [9.17, 15) is 9.90 Å². The van der Waals surface area contributed by atoms with Gasteiger partial charge in [0.1, 0.15) is 11.4 Å². The maximum absolute atomic E-state index is 12.6. The third-order valence-corrected chi connectivity index (χ3v) is 5.23. The molecule has 0 bridgehead atoms. The zero-order valence-electron chi connectivity index (χ0n) is 14.1. The number of aromatic nitrogens is 4. The van der Waals surface area contributed by atoms with Crippen LogP contribution < -0.4 is 0 Å². The van der Waals surface area contributed by atoms with Gasteiger partial charge < -0.3 is 10.0 Å². The van der Waals surface area contributed by atoms with Gasteiger partial charge in [0, 0.05) is 18.5 Å². The smallest absolute Gasteiger partial charge is 0.273 e. The summed E-state index contributed by atoms with van der Waals surface area (Å²) < 4.78 is 1.81. The average Bonchev–Trinajstić information content (AvgIpc) is 3.24. The van der Waals surface area contributed by atoms with Crippen LogP contribution in [0.3, 0.4) is 0 Å². The lowest BCUT2D eigenvalue weighted by molar-refractivity contribution is 0.0684. The fraction of sp³-hybridized carbons (Fsp3) is 0.625. The van der Waals surface area contributed by atoms with Crippen LogP contribution in [-0.4, -0.2) is 49.0 Å². The zero-order valence-corrected chi connectivity index (χ0v) is 14.9. The summed E-state index contributed by atoms with van der Waals surface area (Å²) in [7, 11) is 0. The van der Waals surface area contributed by atoms with E-state index in [2.05, 4.69) is 22.2 Å². The number of rotatable bonds is 5. The summed E-state index contributed by atoms with van der Waals surface area (Å²) in [6.45, 7) is 5.17. The van der Waals surface area contributed by atoms with E-state index in [0.29, 0.717) is 24.5 Å². The maximum atomic E-state index is 12.6. The summed E-state index contributed by atoms with van der Waals surface area (Å²) in [5, 5.41) is 20.5. The summed E-state index contributed by atoms with van der Waals surface area (Å²) in [5.41, 5.74) is 1.15. The van der Waals surface area contributed by atoms with Gasteiger partial charge in [-0.05, 0) is 32.6 Å². The summed E-state index contributed by atoms with van der Waals surface area (Å²) >= 11 is 1.56. The molecule has 2 aromatic heterocycles.